The Balaban J connectivity index is 1.58. The third kappa shape index (κ3) is 3.72. The maximum atomic E-state index is 12.3. The smallest absolute Gasteiger partial charge is 0.237 e. The highest BCUT2D eigenvalue weighted by Gasteiger charge is 2.36. The lowest BCUT2D eigenvalue weighted by atomic mass is 9.87. The van der Waals surface area contributed by atoms with Gasteiger partial charge < -0.3 is 16.0 Å². The second kappa shape index (κ2) is 6.71. The summed E-state index contributed by atoms with van der Waals surface area (Å²) >= 11 is 0. The highest BCUT2D eigenvalue weighted by atomic mass is 16.2. The summed E-state index contributed by atoms with van der Waals surface area (Å²) in [6.45, 7) is 4.06. The van der Waals surface area contributed by atoms with Gasteiger partial charge in [-0.15, -0.1) is 0 Å². The first-order valence-corrected chi connectivity index (χ1v) is 8.46. The molecule has 3 N–H and O–H groups in total. The van der Waals surface area contributed by atoms with E-state index >= 15 is 0 Å². The monoisotopic (exact) mass is 315 g/mol. The maximum Gasteiger partial charge on any atom is 0.237 e. The van der Waals surface area contributed by atoms with Crippen LogP contribution in [0.15, 0.2) is 18.2 Å². The van der Waals surface area contributed by atoms with Crippen LogP contribution in [0.3, 0.4) is 0 Å². The summed E-state index contributed by atoms with van der Waals surface area (Å²) in [5.74, 6) is -0.182. The molecule has 3 rings (SSSR count). The van der Waals surface area contributed by atoms with Gasteiger partial charge in [0.25, 0.3) is 0 Å². The van der Waals surface area contributed by atoms with Gasteiger partial charge in [0, 0.05) is 17.8 Å². The number of hydrogen-bond donors (Lipinski definition) is 3. The van der Waals surface area contributed by atoms with E-state index in [1.807, 2.05) is 32.0 Å². The van der Waals surface area contributed by atoms with Crippen molar-refractivity contribution >= 4 is 17.5 Å². The quantitative estimate of drug-likeness (QED) is 0.799. The molecule has 0 radical (unpaired) electrons. The Labute approximate surface area is 137 Å². The lowest BCUT2D eigenvalue weighted by Gasteiger charge is -2.40. The largest absolute Gasteiger partial charge is 0.350 e. The van der Waals surface area contributed by atoms with Crippen molar-refractivity contribution in [1.29, 1.82) is 0 Å². The first kappa shape index (κ1) is 16.0. The van der Waals surface area contributed by atoms with Gasteiger partial charge in [0.2, 0.25) is 11.8 Å². The van der Waals surface area contributed by atoms with Crippen molar-refractivity contribution in [2.24, 2.45) is 0 Å². The van der Waals surface area contributed by atoms with E-state index in [4.69, 9.17) is 0 Å². The Kier molecular flexibility index (Phi) is 4.66. The first-order valence-electron chi connectivity index (χ1n) is 8.46. The summed E-state index contributed by atoms with van der Waals surface area (Å²) in [6.07, 6.45) is 4.62. The maximum absolute atomic E-state index is 12.3. The molecule has 3 atom stereocenters. The number of rotatable bonds is 3. The molecule has 1 aliphatic heterocycles. The molecule has 2 amide bonds. The van der Waals surface area contributed by atoms with E-state index in [0.717, 1.165) is 24.1 Å². The van der Waals surface area contributed by atoms with E-state index in [2.05, 4.69) is 16.0 Å². The molecule has 23 heavy (non-hydrogen) atoms. The molecular weight excluding hydrogens is 290 g/mol. The van der Waals surface area contributed by atoms with Gasteiger partial charge in [-0.3, -0.25) is 9.59 Å². The molecule has 124 valence electrons. The number of nitrogens with one attached hydrogen (secondary N) is 3. The van der Waals surface area contributed by atoms with E-state index < -0.39 is 6.04 Å². The zero-order chi connectivity index (χ0) is 16.4. The van der Waals surface area contributed by atoms with Crippen molar-refractivity contribution in [2.45, 2.75) is 64.1 Å². The fraction of sp³-hybridized carbons (Fsp3) is 0.556. The normalized spacial score (nSPS) is 27.0. The predicted octanol–water partition coefficient (Wildman–Crippen LogP) is 2.03. The van der Waals surface area contributed by atoms with Gasteiger partial charge in [0.15, 0.2) is 0 Å². The van der Waals surface area contributed by atoms with Crippen molar-refractivity contribution in [3.05, 3.63) is 29.3 Å². The fourth-order valence-electron chi connectivity index (χ4n) is 3.49. The molecule has 2 aliphatic rings. The van der Waals surface area contributed by atoms with Gasteiger partial charge >= 0.3 is 0 Å². The summed E-state index contributed by atoms with van der Waals surface area (Å²) in [5, 5.41) is 9.33. The molecule has 1 heterocycles. The number of fused-ring (bicyclic) bond motifs is 1. The third-order valence-corrected chi connectivity index (χ3v) is 5.01. The molecule has 1 saturated heterocycles. The first-order chi connectivity index (χ1) is 11.0. The highest BCUT2D eigenvalue weighted by Crippen LogP contribution is 2.22. The topological polar surface area (TPSA) is 70.2 Å². The highest BCUT2D eigenvalue weighted by molar-refractivity contribution is 5.95. The van der Waals surface area contributed by atoms with Gasteiger partial charge in [0.05, 0.1) is 12.5 Å². The Morgan fingerprint density at radius 3 is 2.65 bits per heavy atom. The standard InChI is InChI=1S/C18H25N3O2/c1-11-7-8-13(9-12(11)2)19-17(22)10-16-18(23)21-15-6-4-3-5-14(15)20-16/h7-9,14-16,20H,3-6,10H2,1-2H3,(H,19,22)(H,21,23)/t14-,15-,16+/m0/s1. The Morgan fingerprint density at radius 2 is 1.91 bits per heavy atom. The van der Waals surface area contributed by atoms with Gasteiger partial charge in [-0.2, -0.15) is 0 Å². The Morgan fingerprint density at radius 1 is 1.17 bits per heavy atom. The average molecular weight is 315 g/mol. The Hall–Kier alpha value is -1.88. The van der Waals surface area contributed by atoms with E-state index in [0.29, 0.717) is 6.04 Å². The van der Waals surface area contributed by atoms with Crippen molar-refractivity contribution in [2.75, 3.05) is 5.32 Å². The van der Waals surface area contributed by atoms with E-state index in [1.54, 1.807) is 0 Å². The fourth-order valence-corrected chi connectivity index (χ4v) is 3.49. The van der Waals surface area contributed by atoms with Crippen LogP contribution in [0.25, 0.3) is 0 Å². The van der Waals surface area contributed by atoms with Crippen LogP contribution >= 0.6 is 0 Å². The molecule has 1 aliphatic carbocycles. The zero-order valence-corrected chi connectivity index (χ0v) is 13.8. The van der Waals surface area contributed by atoms with Crippen LogP contribution < -0.4 is 16.0 Å². The number of amides is 2. The summed E-state index contributed by atoms with van der Waals surface area (Å²) in [7, 11) is 0. The molecular formula is C18H25N3O2. The zero-order valence-electron chi connectivity index (χ0n) is 13.8. The molecule has 0 spiro atoms. The van der Waals surface area contributed by atoms with Crippen LogP contribution in [0.5, 0.6) is 0 Å². The second-order valence-corrected chi connectivity index (χ2v) is 6.78. The number of carbonyl (C=O) groups is 2. The summed E-state index contributed by atoms with van der Waals surface area (Å²) in [5.41, 5.74) is 3.12. The lowest BCUT2D eigenvalue weighted by Crippen LogP contribution is -2.65. The van der Waals surface area contributed by atoms with E-state index in [1.165, 1.54) is 18.4 Å². The van der Waals surface area contributed by atoms with Gasteiger partial charge in [-0.1, -0.05) is 18.9 Å². The van der Waals surface area contributed by atoms with Crippen LogP contribution in [0, 0.1) is 13.8 Å². The molecule has 1 saturated carbocycles. The molecule has 0 bridgehead atoms. The van der Waals surface area contributed by atoms with Gasteiger partial charge in [-0.05, 0) is 49.9 Å². The predicted molar refractivity (Wildman–Crippen MR) is 90.3 cm³/mol. The number of piperazine rings is 1. The van der Waals surface area contributed by atoms with E-state index in [9.17, 15) is 9.59 Å². The number of hydrogen-bond acceptors (Lipinski definition) is 3. The van der Waals surface area contributed by atoms with Gasteiger partial charge in [0.1, 0.15) is 0 Å². The lowest BCUT2D eigenvalue weighted by molar-refractivity contribution is -0.129. The van der Waals surface area contributed by atoms with Crippen molar-refractivity contribution in [3.63, 3.8) is 0 Å². The SMILES string of the molecule is Cc1ccc(NC(=O)C[C@H]2N[C@H]3CCCC[C@@H]3NC2=O)cc1C. The van der Waals surface area contributed by atoms with Crippen molar-refractivity contribution in [1.82, 2.24) is 10.6 Å². The van der Waals surface area contributed by atoms with Crippen LogP contribution in [0.1, 0.15) is 43.2 Å². The molecule has 1 aromatic rings. The number of aryl methyl sites for hydroxylation is 2. The molecule has 0 aromatic heterocycles. The number of anilines is 1. The third-order valence-electron chi connectivity index (χ3n) is 5.01. The van der Waals surface area contributed by atoms with Crippen LogP contribution in [0.4, 0.5) is 5.69 Å². The molecule has 0 unspecified atom stereocenters. The molecule has 2 fully saturated rings. The minimum atomic E-state index is -0.430. The van der Waals surface area contributed by atoms with Gasteiger partial charge in [-0.25, -0.2) is 0 Å². The van der Waals surface area contributed by atoms with Crippen LogP contribution in [0.2, 0.25) is 0 Å². The second-order valence-electron chi connectivity index (χ2n) is 6.78. The minimum Gasteiger partial charge on any atom is -0.350 e. The van der Waals surface area contributed by atoms with Crippen LogP contribution in [-0.2, 0) is 9.59 Å². The Bertz CT molecular complexity index is 614. The van der Waals surface area contributed by atoms with Crippen molar-refractivity contribution < 1.29 is 9.59 Å². The number of benzene rings is 1. The molecule has 5 nitrogen and oxygen atoms in total. The van der Waals surface area contributed by atoms with Crippen molar-refractivity contribution in [3.8, 4) is 0 Å². The number of carbonyl (C=O) groups excluding carboxylic acids is 2. The average Bonchev–Trinajstić information content (AvgIpc) is 2.51. The summed E-state index contributed by atoms with van der Waals surface area (Å²) in [6, 6.07) is 5.95. The summed E-state index contributed by atoms with van der Waals surface area (Å²) < 4.78 is 0. The van der Waals surface area contributed by atoms with Crippen LogP contribution in [-0.4, -0.2) is 29.9 Å². The summed E-state index contributed by atoms with van der Waals surface area (Å²) in [4.78, 5) is 24.4. The minimum absolute atomic E-state index is 0.0524. The molecule has 5 heteroatoms. The van der Waals surface area contributed by atoms with E-state index in [-0.39, 0.29) is 24.3 Å². The molecule has 1 aromatic carbocycles.